The fourth-order valence-corrected chi connectivity index (χ4v) is 1.92. The van der Waals surface area contributed by atoms with Gasteiger partial charge in [-0.15, -0.1) is 0 Å². The molecule has 0 spiro atoms. The predicted octanol–water partition coefficient (Wildman–Crippen LogP) is 2.63. The number of fused-ring (bicyclic) bond motifs is 1. The van der Waals surface area contributed by atoms with E-state index in [0.29, 0.717) is 10.0 Å². The molecule has 2 nitrogen and oxygen atoms in total. The van der Waals surface area contributed by atoms with Crippen LogP contribution in [0.3, 0.4) is 0 Å². The van der Waals surface area contributed by atoms with Gasteiger partial charge in [-0.3, -0.25) is 4.21 Å². The minimum atomic E-state index is -1.03. The molecule has 2 aromatic rings. The molecule has 0 amide bonds. The van der Waals surface area contributed by atoms with Gasteiger partial charge in [-0.25, -0.2) is 4.98 Å². The lowest BCUT2D eigenvalue weighted by molar-refractivity contribution is 0.684. The summed E-state index contributed by atoms with van der Waals surface area (Å²) in [6.07, 6.45) is 3.31. The second kappa shape index (κ2) is 3.67. The molecule has 0 bridgehead atoms. The van der Waals surface area contributed by atoms with Crippen LogP contribution in [-0.4, -0.2) is 15.4 Å². The van der Waals surface area contributed by atoms with Crippen molar-refractivity contribution in [2.24, 2.45) is 0 Å². The standard InChI is InChI=1S/C10H8ClNOS/c1-14(13)10-5-7-2-3-9(11)4-8(7)6-12-10/h2-6H,1H3. The van der Waals surface area contributed by atoms with E-state index < -0.39 is 10.8 Å². The number of aromatic nitrogens is 1. The zero-order valence-electron chi connectivity index (χ0n) is 7.53. The number of rotatable bonds is 1. The summed E-state index contributed by atoms with van der Waals surface area (Å²) in [5.74, 6) is 0. The van der Waals surface area contributed by atoms with Gasteiger partial charge >= 0.3 is 0 Å². The number of halogens is 1. The highest BCUT2D eigenvalue weighted by molar-refractivity contribution is 7.84. The lowest BCUT2D eigenvalue weighted by Crippen LogP contribution is -1.91. The molecule has 1 aromatic carbocycles. The quantitative estimate of drug-likeness (QED) is 0.747. The van der Waals surface area contributed by atoms with Crippen LogP contribution in [0.5, 0.6) is 0 Å². The highest BCUT2D eigenvalue weighted by Gasteiger charge is 2.01. The Hall–Kier alpha value is -0.930. The highest BCUT2D eigenvalue weighted by atomic mass is 35.5. The molecule has 1 heterocycles. The second-order valence-corrected chi connectivity index (χ2v) is 4.73. The maximum absolute atomic E-state index is 11.2. The van der Waals surface area contributed by atoms with E-state index in [2.05, 4.69) is 4.98 Å². The molecular formula is C10H8ClNOS. The topological polar surface area (TPSA) is 30.0 Å². The van der Waals surface area contributed by atoms with Crippen molar-refractivity contribution in [1.82, 2.24) is 4.98 Å². The minimum absolute atomic E-state index is 0.597. The SMILES string of the molecule is CS(=O)c1cc2ccc(Cl)cc2cn1. The van der Waals surface area contributed by atoms with E-state index in [1.165, 1.54) is 0 Å². The van der Waals surface area contributed by atoms with E-state index in [0.717, 1.165) is 10.8 Å². The normalized spacial score (nSPS) is 13.0. The smallest absolute Gasteiger partial charge is 0.127 e. The number of nitrogens with zero attached hydrogens (tertiary/aromatic N) is 1. The molecule has 72 valence electrons. The molecule has 0 N–H and O–H groups in total. The Balaban J connectivity index is 2.67. The molecule has 0 saturated carbocycles. The van der Waals surface area contributed by atoms with Gasteiger partial charge in [0, 0.05) is 22.9 Å². The van der Waals surface area contributed by atoms with E-state index in [4.69, 9.17) is 11.6 Å². The summed E-state index contributed by atoms with van der Waals surface area (Å²) in [6.45, 7) is 0. The van der Waals surface area contributed by atoms with Crippen molar-refractivity contribution < 1.29 is 4.21 Å². The molecule has 0 aliphatic rings. The number of hydrogen-bond acceptors (Lipinski definition) is 2. The van der Waals surface area contributed by atoms with Crippen LogP contribution in [0, 0.1) is 0 Å². The molecular weight excluding hydrogens is 218 g/mol. The van der Waals surface area contributed by atoms with E-state index in [-0.39, 0.29) is 0 Å². The van der Waals surface area contributed by atoms with Gasteiger partial charge in [0.05, 0.1) is 10.8 Å². The largest absolute Gasteiger partial charge is 0.253 e. The van der Waals surface area contributed by atoms with Crippen molar-refractivity contribution in [2.45, 2.75) is 5.03 Å². The van der Waals surface area contributed by atoms with Crippen molar-refractivity contribution in [3.05, 3.63) is 35.5 Å². The number of pyridine rings is 1. The van der Waals surface area contributed by atoms with Crippen molar-refractivity contribution in [3.63, 3.8) is 0 Å². The minimum Gasteiger partial charge on any atom is -0.253 e. The first-order valence-electron chi connectivity index (χ1n) is 4.05. The zero-order valence-corrected chi connectivity index (χ0v) is 9.10. The Kier molecular flexibility index (Phi) is 2.52. The Morgan fingerprint density at radius 1 is 1.29 bits per heavy atom. The fourth-order valence-electron chi connectivity index (χ4n) is 1.25. The first-order chi connectivity index (χ1) is 6.66. The Morgan fingerprint density at radius 3 is 2.79 bits per heavy atom. The predicted molar refractivity (Wildman–Crippen MR) is 59.1 cm³/mol. The Bertz CT molecular complexity index is 512. The summed E-state index contributed by atoms with van der Waals surface area (Å²) < 4.78 is 11.2. The van der Waals surface area contributed by atoms with Crippen LogP contribution in [0.15, 0.2) is 35.5 Å². The lowest BCUT2D eigenvalue weighted by atomic mass is 10.2. The van der Waals surface area contributed by atoms with E-state index in [1.807, 2.05) is 24.3 Å². The number of benzene rings is 1. The van der Waals surface area contributed by atoms with E-state index >= 15 is 0 Å². The third-order valence-electron chi connectivity index (χ3n) is 1.95. The molecule has 1 aromatic heterocycles. The molecule has 0 saturated heterocycles. The van der Waals surface area contributed by atoms with Crippen LogP contribution < -0.4 is 0 Å². The monoisotopic (exact) mass is 225 g/mol. The average Bonchev–Trinajstić information content (AvgIpc) is 2.16. The second-order valence-electron chi connectivity index (χ2n) is 2.97. The van der Waals surface area contributed by atoms with Gasteiger partial charge in [-0.1, -0.05) is 17.7 Å². The van der Waals surface area contributed by atoms with Gasteiger partial charge in [0.15, 0.2) is 0 Å². The zero-order chi connectivity index (χ0) is 10.1. The molecule has 0 aliphatic carbocycles. The van der Waals surface area contributed by atoms with Crippen molar-refractivity contribution >= 4 is 33.2 Å². The molecule has 1 unspecified atom stereocenters. The lowest BCUT2D eigenvalue weighted by Gasteiger charge is -2.00. The third kappa shape index (κ3) is 1.79. The molecule has 0 fully saturated rings. The maximum atomic E-state index is 11.2. The van der Waals surface area contributed by atoms with Gasteiger partial charge in [0.25, 0.3) is 0 Å². The van der Waals surface area contributed by atoms with Crippen LogP contribution >= 0.6 is 11.6 Å². The average molecular weight is 226 g/mol. The third-order valence-corrected chi connectivity index (χ3v) is 3.00. The summed E-state index contributed by atoms with van der Waals surface area (Å²) in [5, 5.41) is 3.26. The van der Waals surface area contributed by atoms with E-state index in [9.17, 15) is 4.21 Å². The van der Waals surface area contributed by atoms with Gasteiger partial charge in [0.2, 0.25) is 0 Å². The maximum Gasteiger partial charge on any atom is 0.127 e. The highest BCUT2D eigenvalue weighted by Crippen LogP contribution is 2.19. The summed E-state index contributed by atoms with van der Waals surface area (Å²) in [4.78, 5) is 4.09. The van der Waals surface area contributed by atoms with Crippen LogP contribution in [-0.2, 0) is 10.8 Å². The van der Waals surface area contributed by atoms with Crippen LogP contribution in [0.25, 0.3) is 10.8 Å². The van der Waals surface area contributed by atoms with Crippen LogP contribution in [0.1, 0.15) is 0 Å². The summed E-state index contributed by atoms with van der Waals surface area (Å²) in [6, 6.07) is 7.37. The molecule has 14 heavy (non-hydrogen) atoms. The molecule has 1 atom stereocenters. The van der Waals surface area contributed by atoms with Gasteiger partial charge in [-0.05, 0) is 23.6 Å². The van der Waals surface area contributed by atoms with Crippen molar-refractivity contribution in [1.29, 1.82) is 0 Å². The van der Waals surface area contributed by atoms with Gasteiger partial charge in [-0.2, -0.15) is 0 Å². The summed E-state index contributed by atoms with van der Waals surface area (Å²) in [7, 11) is -1.03. The van der Waals surface area contributed by atoms with Crippen LogP contribution in [0.2, 0.25) is 5.02 Å². The van der Waals surface area contributed by atoms with Crippen molar-refractivity contribution in [3.8, 4) is 0 Å². The van der Waals surface area contributed by atoms with Gasteiger partial charge in [0.1, 0.15) is 5.03 Å². The summed E-state index contributed by atoms with van der Waals surface area (Å²) in [5.41, 5.74) is 0. The Labute approximate surface area is 89.4 Å². The Morgan fingerprint density at radius 2 is 2.07 bits per heavy atom. The molecule has 2 rings (SSSR count). The number of hydrogen-bond donors (Lipinski definition) is 0. The fraction of sp³-hybridized carbons (Fsp3) is 0.100. The molecule has 0 radical (unpaired) electrons. The molecule has 4 heteroatoms. The van der Waals surface area contributed by atoms with Gasteiger partial charge < -0.3 is 0 Å². The van der Waals surface area contributed by atoms with Crippen LogP contribution in [0.4, 0.5) is 0 Å². The first kappa shape index (κ1) is 9.62. The molecule has 0 aliphatic heterocycles. The first-order valence-corrected chi connectivity index (χ1v) is 5.99. The van der Waals surface area contributed by atoms with E-state index in [1.54, 1.807) is 12.5 Å². The van der Waals surface area contributed by atoms with Crippen molar-refractivity contribution in [2.75, 3.05) is 6.26 Å². The summed E-state index contributed by atoms with van der Waals surface area (Å²) >= 11 is 5.83.